The summed E-state index contributed by atoms with van der Waals surface area (Å²) in [5, 5.41) is 9.80. The van der Waals surface area contributed by atoms with Crippen molar-refractivity contribution in [3.05, 3.63) is 23.8 Å². The highest BCUT2D eigenvalue weighted by molar-refractivity contribution is 5.45. The van der Waals surface area contributed by atoms with E-state index in [-0.39, 0.29) is 6.04 Å². The lowest BCUT2D eigenvalue weighted by Crippen LogP contribution is -2.52. The summed E-state index contributed by atoms with van der Waals surface area (Å²) in [4.78, 5) is 4.73. The van der Waals surface area contributed by atoms with Gasteiger partial charge in [0.1, 0.15) is 6.04 Å². The predicted molar refractivity (Wildman–Crippen MR) is 100 cm³/mol. The van der Waals surface area contributed by atoms with Crippen LogP contribution in [0.5, 0.6) is 11.5 Å². The molecule has 1 saturated heterocycles. The highest BCUT2D eigenvalue weighted by atomic mass is 16.5. The smallest absolute Gasteiger partial charge is 0.161 e. The summed E-state index contributed by atoms with van der Waals surface area (Å²) in [7, 11) is 0. The maximum absolute atomic E-state index is 9.80. The lowest BCUT2D eigenvalue weighted by Gasteiger charge is -2.41. The molecule has 0 N–H and O–H groups in total. The van der Waals surface area contributed by atoms with Crippen molar-refractivity contribution in [2.24, 2.45) is 0 Å². The molecule has 1 heterocycles. The molecule has 5 heteroatoms. The van der Waals surface area contributed by atoms with Crippen molar-refractivity contribution in [3.8, 4) is 17.6 Å². The fraction of sp³-hybridized carbons (Fsp3) is 0.650. The molecule has 138 valence electrons. The Morgan fingerprint density at radius 1 is 1.20 bits per heavy atom. The molecular weight excluding hydrogens is 314 g/mol. The zero-order chi connectivity index (χ0) is 18.2. The quantitative estimate of drug-likeness (QED) is 0.722. The van der Waals surface area contributed by atoms with E-state index in [1.54, 1.807) is 0 Å². The van der Waals surface area contributed by atoms with Crippen molar-refractivity contribution in [2.45, 2.75) is 46.2 Å². The number of benzene rings is 1. The molecule has 0 aliphatic carbocycles. The van der Waals surface area contributed by atoms with Crippen molar-refractivity contribution in [2.75, 3.05) is 39.4 Å². The van der Waals surface area contributed by atoms with Gasteiger partial charge in [-0.1, -0.05) is 19.9 Å². The van der Waals surface area contributed by atoms with Crippen LogP contribution in [-0.2, 0) is 0 Å². The Kier molecular flexibility index (Phi) is 7.54. The van der Waals surface area contributed by atoms with E-state index in [1.807, 2.05) is 25.1 Å². The van der Waals surface area contributed by atoms with Crippen molar-refractivity contribution >= 4 is 0 Å². The zero-order valence-corrected chi connectivity index (χ0v) is 16.0. The standard InChI is InChI=1S/C20H31N3O2/c1-5-12-25-19-9-8-17(13-20(19)24-7-3)18(14-21)23-11-10-22(6-2)16(4)15-23/h8-9,13,16,18H,5-7,10-12,15H2,1-4H3. The Morgan fingerprint density at radius 3 is 2.60 bits per heavy atom. The Hall–Kier alpha value is -1.77. The topological polar surface area (TPSA) is 48.7 Å². The summed E-state index contributed by atoms with van der Waals surface area (Å²) in [6.07, 6.45) is 0.952. The first-order valence-corrected chi connectivity index (χ1v) is 9.41. The Morgan fingerprint density at radius 2 is 2.00 bits per heavy atom. The van der Waals surface area contributed by atoms with Crippen molar-refractivity contribution in [1.29, 1.82) is 5.26 Å². The average Bonchev–Trinajstić information content (AvgIpc) is 2.62. The van der Waals surface area contributed by atoms with Gasteiger partial charge in [-0.15, -0.1) is 0 Å². The van der Waals surface area contributed by atoms with Crippen LogP contribution in [0.1, 0.15) is 45.7 Å². The molecule has 1 aliphatic rings. The molecular formula is C20H31N3O2. The van der Waals surface area contributed by atoms with Gasteiger partial charge in [0.05, 0.1) is 19.3 Å². The van der Waals surface area contributed by atoms with E-state index < -0.39 is 0 Å². The van der Waals surface area contributed by atoms with Crippen LogP contribution >= 0.6 is 0 Å². The molecule has 0 amide bonds. The molecule has 1 aliphatic heterocycles. The molecule has 0 saturated carbocycles. The molecule has 1 fully saturated rings. The summed E-state index contributed by atoms with van der Waals surface area (Å²) in [5.74, 6) is 1.49. The van der Waals surface area contributed by atoms with Gasteiger partial charge >= 0.3 is 0 Å². The zero-order valence-electron chi connectivity index (χ0n) is 16.0. The van der Waals surface area contributed by atoms with Gasteiger partial charge in [-0.05, 0) is 44.5 Å². The molecule has 1 aromatic rings. The van der Waals surface area contributed by atoms with E-state index in [0.717, 1.165) is 49.7 Å². The molecule has 2 rings (SSSR count). The van der Waals surface area contributed by atoms with E-state index >= 15 is 0 Å². The maximum Gasteiger partial charge on any atom is 0.161 e. The normalized spacial score (nSPS) is 20.0. The van der Waals surface area contributed by atoms with Gasteiger partial charge in [-0.3, -0.25) is 9.80 Å². The summed E-state index contributed by atoms with van der Waals surface area (Å²) in [6, 6.07) is 8.61. The number of ether oxygens (including phenoxy) is 2. The second-order valence-electron chi connectivity index (χ2n) is 6.49. The van der Waals surface area contributed by atoms with E-state index in [1.165, 1.54) is 0 Å². The largest absolute Gasteiger partial charge is 0.490 e. The molecule has 0 radical (unpaired) electrons. The monoisotopic (exact) mass is 345 g/mol. The van der Waals surface area contributed by atoms with Gasteiger partial charge < -0.3 is 9.47 Å². The number of nitrogens with zero attached hydrogens (tertiary/aromatic N) is 3. The van der Waals surface area contributed by atoms with Gasteiger partial charge in [0.2, 0.25) is 0 Å². The number of rotatable bonds is 8. The van der Waals surface area contributed by atoms with Crippen LogP contribution in [0, 0.1) is 11.3 Å². The first-order chi connectivity index (χ1) is 12.1. The minimum Gasteiger partial charge on any atom is -0.490 e. The molecule has 0 aromatic heterocycles. The van der Waals surface area contributed by atoms with E-state index in [2.05, 4.69) is 36.6 Å². The number of nitriles is 1. The van der Waals surface area contributed by atoms with Crippen molar-refractivity contribution in [1.82, 2.24) is 9.80 Å². The van der Waals surface area contributed by atoms with E-state index in [0.29, 0.717) is 19.3 Å². The summed E-state index contributed by atoms with van der Waals surface area (Å²) < 4.78 is 11.5. The van der Waals surface area contributed by atoms with Crippen LogP contribution in [-0.4, -0.2) is 55.2 Å². The number of hydrogen-bond donors (Lipinski definition) is 0. The number of likely N-dealkylation sites (N-methyl/N-ethyl adjacent to an activating group) is 1. The summed E-state index contributed by atoms with van der Waals surface area (Å²) >= 11 is 0. The number of piperazine rings is 1. The van der Waals surface area contributed by atoms with E-state index in [9.17, 15) is 5.26 Å². The first kappa shape index (κ1) is 19.6. The van der Waals surface area contributed by atoms with Crippen molar-refractivity contribution in [3.63, 3.8) is 0 Å². The van der Waals surface area contributed by atoms with Crippen LogP contribution < -0.4 is 9.47 Å². The third kappa shape index (κ3) is 4.87. The molecule has 0 spiro atoms. The van der Waals surface area contributed by atoms with Gasteiger partial charge in [0.25, 0.3) is 0 Å². The molecule has 1 aromatic carbocycles. The fourth-order valence-corrected chi connectivity index (χ4v) is 3.39. The Balaban J connectivity index is 2.19. The second kappa shape index (κ2) is 9.65. The van der Waals surface area contributed by atoms with Gasteiger partial charge in [-0.25, -0.2) is 0 Å². The van der Waals surface area contributed by atoms with Gasteiger partial charge in [0, 0.05) is 25.7 Å². The predicted octanol–water partition coefficient (Wildman–Crippen LogP) is 3.46. The van der Waals surface area contributed by atoms with Crippen LogP contribution in [0.4, 0.5) is 0 Å². The van der Waals surface area contributed by atoms with Crippen LogP contribution in [0.3, 0.4) is 0 Å². The Bertz CT molecular complexity index is 585. The van der Waals surface area contributed by atoms with Crippen LogP contribution in [0.2, 0.25) is 0 Å². The molecule has 2 unspecified atom stereocenters. The highest BCUT2D eigenvalue weighted by Gasteiger charge is 2.29. The summed E-state index contributed by atoms with van der Waals surface area (Å²) in [6.45, 7) is 13.6. The van der Waals surface area contributed by atoms with Crippen molar-refractivity contribution < 1.29 is 9.47 Å². The lowest BCUT2D eigenvalue weighted by molar-refractivity contribution is 0.0729. The fourth-order valence-electron chi connectivity index (χ4n) is 3.39. The molecule has 2 atom stereocenters. The third-order valence-corrected chi connectivity index (χ3v) is 4.74. The summed E-state index contributed by atoms with van der Waals surface area (Å²) in [5.41, 5.74) is 0.979. The average molecular weight is 345 g/mol. The Labute approximate surface area is 152 Å². The lowest BCUT2D eigenvalue weighted by atomic mass is 10.0. The van der Waals surface area contributed by atoms with Crippen LogP contribution in [0.15, 0.2) is 18.2 Å². The SMILES string of the molecule is CCCOc1ccc(C(C#N)N2CCN(CC)C(C)C2)cc1OCC. The third-order valence-electron chi connectivity index (χ3n) is 4.74. The van der Waals surface area contributed by atoms with Gasteiger partial charge in [0.15, 0.2) is 11.5 Å². The maximum atomic E-state index is 9.80. The van der Waals surface area contributed by atoms with Gasteiger partial charge in [-0.2, -0.15) is 5.26 Å². The minimum atomic E-state index is -0.249. The number of hydrogen-bond acceptors (Lipinski definition) is 5. The molecule has 0 bridgehead atoms. The highest BCUT2D eigenvalue weighted by Crippen LogP contribution is 2.33. The molecule has 25 heavy (non-hydrogen) atoms. The first-order valence-electron chi connectivity index (χ1n) is 9.41. The van der Waals surface area contributed by atoms with E-state index in [4.69, 9.17) is 9.47 Å². The molecule has 5 nitrogen and oxygen atoms in total. The second-order valence-corrected chi connectivity index (χ2v) is 6.49. The minimum absolute atomic E-state index is 0.249. The van der Waals surface area contributed by atoms with Crippen LogP contribution in [0.25, 0.3) is 0 Å².